The van der Waals surface area contributed by atoms with E-state index in [4.69, 9.17) is 14.2 Å². The van der Waals surface area contributed by atoms with Crippen molar-refractivity contribution in [1.82, 2.24) is 0 Å². The molecule has 0 fully saturated rings. The first kappa shape index (κ1) is 29.1. The van der Waals surface area contributed by atoms with E-state index in [1.807, 2.05) is 6.07 Å². The molecule has 1 aliphatic heterocycles. The molecule has 4 heteroatoms. The molecule has 0 saturated carbocycles. The lowest BCUT2D eigenvalue weighted by atomic mass is 9.92. The summed E-state index contributed by atoms with van der Waals surface area (Å²) in [6.07, 6.45) is 16.1. The van der Waals surface area contributed by atoms with Gasteiger partial charge in [0.15, 0.2) is 23.8 Å². The molecule has 0 aromatic heterocycles. The maximum atomic E-state index is 6.45. The van der Waals surface area contributed by atoms with Gasteiger partial charge in [0.05, 0.1) is 20.8 Å². The summed E-state index contributed by atoms with van der Waals surface area (Å²) < 4.78 is 20.3. The monoisotopic (exact) mass is 508 g/mol. The number of nitrogens with zero attached hydrogens (tertiary/aromatic N) is 1. The standard InChI is InChI=1S/C33H50NO3/c1-5-7-9-11-13-15-24-37-33-30-22-23-34(26-27-17-16-18-28(25-27)35-3)31(19-14-12-10-8-6-2)29(30)20-21-32(33)36-4/h16-18,20-21,25H,5-15,19,22-24,26H2,1-4H3/q+1. The largest absolute Gasteiger partial charge is 0.497 e. The zero-order valence-electron chi connectivity index (χ0n) is 23.9. The summed E-state index contributed by atoms with van der Waals surface area (Å²) in [5.74, 6) is 2.76. The molecular weight excluding hydrogens is 458 g/mol. The van der Waals surface area contributed by atoms with Crippen LogP contribution in [0.2, 0.25) is 0 Å². The summed E-state index contributed by atoms with van der Waals surface area (Å²) in [6.45, 7) is 7.21. The smallest absolute Gasteiger partial charge is 0.184 e. The highest BCUT2D eigenvalue weighted by atomic mass is 16.5. The number of rotatable bonds is 18. The van der Waals surface area contributed by atoms with Gasteiger partial charge in [-0.3, -0.25) is 0 Å². The molecule has 3 rings (SSSR count). The van der Waals surface area contributed by atoms with Gasteiger partial charge in [0.25, 0.3) is 0 Å². The van der Waals surface area contributed by atoms with Crippen molar-refractivity contribution in [2.75, 3.05) is 27.4 Å². The van der Waals surface area contributed by atoms with Gasteiger partial charge in [-0.2, -0.15) is 0 Å². The topological polar surface area (TPSA) is 30.7 Å². The van der Waals surface area contributed by atoms with Crippen molar-refractivity contribution in [2.45, 2.75) is 104 Å². The first-order chi connectivity index (χ1) is 18.2. The SMILES string of the molecule is CCCCCCCCOc1c(OC)ccc2c1CC[N+](Cc1cccc(OC)c1)=C2CCCCCCC. The van der Waals surface area contributed by atoms with Gasteiger partial charge in [-0.05, 0) is 37.1 Å². The predicted octanol–water partition coefficient (Wildman–Crippen LogP) is 8.36. The fourth-order valence-electron chi connectivity index (χ4n) is 5.41. The van der Waals surface area contributed by atoms with E-state index in [0.717, 1.165) is 56.2 Å². The molecule has 0 radical (unpaired) electrons. The van der Waals surface area contributed by atoms with Crippen LogP contribution in [0.1, 0.15) is 108 Å². The van der Waals surface area contributed by atoms with E-state index in [1.165, 1.54) is 86.6 Å². The summed E-state index contributed by atoms with van der Waals surface area (Å²) in [5.41, 5.74) is 5.42. The Morgan fingerprint density at radius 3 is 2.24 bits per heavy atom. The van der Waals surface area contributed by atoms with Crippen molar-refractivity contribution in [3.8, 4) is 17.2 Å². The number of methoxy groups -OCH3 is 2. The molecule has 0 unspecified atom stereocenters. The van der Waals surface area contributed by atoms with Gasteiger partial charge < -0.3 is 14.2 Å². The van der Waals surface area contributed by atoms with Crippen LogP contribution in [0, 0.1) is 0 Å². The number of ether oxygens (including phenoxy) is 3. The van der Waals surface area contributed by atoms with Crippen LogP contribution >= 0.6 is 0 Å². The summed E-state index contributed by atoms with van der Waals surface area (Å²) in [7, 11) is 3.50. The van der Waals surface area contributed by atoms with Crippen molar-refractivity contribution in [3.05, 3.63) is 53.1 Å². The van der Waals surface area contributed by atoms with Crippen LogP contribution in [0.5, 0.6) is 17.2 Å². The number of benzene rings is 2. The Morgan fingerprint density at radius 2 is 1.51 bits per heavy atom. The van der Waals surface area contributed by atoms with Gasteiger partial charge >= 0.3 is 0 Å². The molecule has 4 nitrogen and oxygen atoms in total. The van der Waals surface area contributed by atoms with Crippen LogP contribution in [-0.2, 0) is 13.0 Å². The summed E-state index contributed by atoms with van der Waals surface area (Å²) >= 11 is 0. The average Bonchev–Trinajstić information content (AvgIpc) is 2.93. The van der Waals surface area contributed by atoms with Gasteiger partial charge in [-0.1, -0.05) is 83.8 Å². The van der Waals surface area contributed by atoms with Gasteiger partial charge in [-0.25, -0.2) is 4.58 Å². The Balaban J connectivity index is 1.82. The van der Waals surface area contributed by atoms with Crippen molar-refractivity contribution in [3.63, 3.8) is 0 Å². The van der Waals surface area contributed by atoms with Gasteiger partial charge in [-0.15, -0.1) is 0 Å². The third-order valence-corrected chi connectivity index (χ3v) is 7.54. The van der Waals surface area contributed by atoms with E-state index in [1.54, 1.807) is 14.2 Å². The fraction of sp³-hybridized carbons (Fsp3) is 0.606. The minimum atomic E-state index is 0.763. The molecule has 1 aliphatic rings. The molecule has 0 N–H and O–H groups in total. The lowest BCUT2D eigenvalue weighted by Crippen LogP contribution is -2.30. The third kappa shape index (κ3) is 8.79. The van der Waals surface area contributed by atoms with Crippen molar-refractivity contribution < 1.29 is 18.8 Å². The molecule has 0 atom stereocenters. The Morgan fingerprint density at radius 1 is 0.784 bits per heavy atom. The highest BCUT2D eigenvalue weighted by Gasteiger charge is 2.29. The molecule has 2 aromatic rings. The van der Waals surface area contributed by atoms with E-state index in [-0.39, 0.29) is 0 Å². The zero-order valence-corrected chi connectivity index (χ0v) is 23.9. The molecule has 0 bridgehead atoms. The fourth-order valence-corrected chi connectivity index (χ4v) is 5.41. The van der Waals surface area contributed by atoms with Crippen LogP contribution in [-0.4, -0.2) is 37.7 Å². The molecule has 0 amide bonds. The highest BCUT2D eigenvalue weighted by molar-refractivity contribution is 5.99. The van der Waals surface area contributed by atoms with E-state index in [0.29, 0.717) is 0 Å². The van der Waals surface area contributed by atoms with Crippen LogP contribution in [0.25, 0.3) is 0 Å². The Bertz CT molecular complexity index is 982. The second-order valence-corrected chi connectivity index (χ2v) is 10.4. The lowest BCUT2D eigenvalue weighted by molar-refractivity contribution is -0.545. The van der Waals surface area contributed by atoms with Gasteiger partial charge in [0.2, 0.25) is 0 Å². The minimum Gasteiger partial charge on any atom is -0.497 e. The molecule has 0 aliphatic carbocycles. The van der Waals surface area contributed by atoms with E-state index >= 15 is 0 Å². The Kier molecular flexibility index (Phi) is 12.9. The molecule has 2 aromatic carbocycles. The second-order valence-electron chi connectivity index (χ2n) is 10.4. The second kappa shape index (κ2) is 16.4. The van der Waals surface area contributed by atoms with E-state index in [2.05, 4.69) is 48.8 Å². The van der Waals surface area contributed by atoms with Crippen LogP contribution in [0.3, 0.4) is 0 Å². The number of hydrogen-bond donors (Lipinski definition) is 0. The zero-order chi connectivity index (χ0) is 26.3. The highest BCUT2D eigenvalue weighted by Crippen LogP contribution is 2.37. The predicted molar refractivity (Wildman–Crippen MR) is 155 cm³/mol. The summed E-state index contributed by atoms with van der Waals surface area (Å²) in [5, 5.41) is 0. The quantitative estimate of drug-likeness (QED) is 0.150. The molecule has 37 heavy (non-hydrogen) atoms. The minimum absolute atomic E-state index is 0.763. The Labute approximate surface area is 226 Å². The van der Waals surface area contributed by atoms with E-state index < -0.39 is 0 Å². The van der Waals surface area contributed by atoms with Crippen molar-refractivity contribution in [2.24, 2.45) is 0 Å². The van der Waals surface area contributed by atoms with Crippen LogP contribution in [0.15, 0.2) is 36.4 Å². The first-order valence-electron chi connectivity index (χ1n) is 14.8. The van der Waals surface area contributed by atoms with Crippen LogP contribution < -0.4 is 14.2 Å². The van der Waals surface area contributed by atoms with E-state index in [9.17, 15) is 0 Å². The number of fused-ring (bicyclic) bond motifs is 1. The van der Waals surface area contributed by atoms with Crippen molar-refractivity contribution >= 4 is 5.71 Å². The molecular formula is C33H50NO3+. The van der Waals surface area contributed by atoms with Crippen molar-refractivity contribution in [1.29, 1.82) is 0 Å². The maximum Gasteiger partial charge on any atom is 0.184 e. The lowest BCUT2D eigenvalue weighted by Gasteiger charge is -2.23. The average molecular weight is 509 g/mol. The summed E-state index contributed by atoms with van der Waals surface area (Å²) in [4.78, 5) is 0. The number of hydrogen-bond acceptors (Lipinski definition) is 3. The molecule has 204 valence electrons. The van der Waals surface area contributed by atoms with Crippen LogP contribution in [0.4, 0.5) is 0 Å². The molecule has 1 heterocycles. The summed E-state index contributed by atoms with van der Waals surface area (Å²) in [6, 6.07) is 12.9. The normalized spacial score (nSPS) is 13.0. The first-order valence-corrected chi connectivity index (χ1v) is 14.8. The number of unbranched alkanes of at least 4 members (excludes halogenated alkanes) is 9. The Hall–Kier alpha value is -2.49. The van der Waals surface area contributed by atoms with Gasteiger partial charge in [0.1, 0.15) is 12.3 Å². The third-order valence-electron chi connectivity index (χ3n) is 7.54. The molecule has 0 saturated heterocycles. The molecule has 0 spiro atoms. The van der Waals surface area contributed by atoms with Gasteiger partial charge in [0, 0.05) is 29.5 Å². The maximum absolute atomic E-state index is 6.45.